The summed E-state index contributed by atoms with van der Waals surface area (Å²) in [5.41, 5.74) is 28.9. The third-order valence-electron chi connectivity index (χ3n) is 19.5. The third-order valence-corrected chi connectivity index (χ3v) is 19.5. The Labute approximate surface area is 538 Å². The summed E-state index contributed by atoms with van der Waals surface area (Å²) >= 11 is 0. The van der Waals surface area contributed by atoms with Gasteiger partial charge in [-0.25, -0.2) is 4.57 Å². The summed E-state index contributed by atoms with van der Waals surface area (Å²) in [6.45, 7) is 6.66. The van der Waals surface area contributed by atoms with Crippen molar-refractivity contribution in [2.24, 2.45) is 42.3 Å². The van der Waals surface area contributed by atoms with Crippen molar-refractivity contribution in [3.63, 3.8) is 0 Å². The fourth-order valence-corrected chi connectivity index (χ4v) is 14.5. The maximum atomic E-state index is 6.17. The monoisotopic (exact) mass is 1210 g/mol. The summed E-state index contributed by atoms with van der Waals surface area (Å²) in [5, 5.41) is 9.54. The lowest BCUT2D eigenvalue weighted by Crippen LogP contribution is -2.31. The maximum absolute atomic E-state index is 6.17. The van der Waals surface area contributed by atoms with Crippen LogP contribution in [0.25, 0.3) is 166 Å². The van der Waals surface area contributed by atoms with E-state index in [2.05, 4.69) is 309 Å². The number of furan rings is 3. The van der Waals surface area contributed by atoms with Gasteiger partial charge in [-0.3, -0.25) is 0 Å². The SMILES string of the molecule is Cc1c(-c2cc3ccccc3n2C)cccc1-c1cc2c(c[n+]1C)oc1ccccc12.Cc1c(-c2cc3ccccc3n2C)cccc1-c1cc2oc3ccccc3c2c[n+]1C.Cc1c(-c2cc3ccccc3n2C)cccc1-c1ccc2oc3ccccc3c2[n+]1C. The van der Waals surface area contributed by atoms with E-state index in [1.165, 1.54) is 111 Å². The van der Waals surface area contributed by atoms with Gasteiger partial charge in [-0.05, 0) is 122 Å². The van der Waals surface area contributed by atoms with E-state index in [1.54, 1.807) is 0 Å². The molecule has 9 nitrogen and oxygen atoms in total. The van der Waals surface area contributed by atoms with Crippen LogP contribution in [0.15, 0.2) is 268 Å². The van der Waals surface area contributed by atoms with Gasteiger partial charge in [0.05, 0.1) is 16.8 Å². The van der Waals surface area contributed by atoms with Gasteiger partial charge in [-0.1, -0.05) is 140 Å². The Morgan fingerprint density at radius 1 is 0.280 bits per heavy atom. The van der Waals surface area contributed by atoms with E-state index < -0.39 is 0 Å². The molecule has 0 amide bonds. The second-order valence-electron chi connectivity index (χ2n) is 24.8. The minimum atomic E-state index is 0.912. The summed E-state index contributed by atoms with van der Waals surface area (Å²) in [4.78, 5) is 0. The highest BCUT2D eigenvalue weighted by Crippen LogP contribution is 2.40. The molecule has 0 spiro atoms. The van der Waals surface area contributed by atoms with Gasteiger partial charge in [0.2, 0.25) is 23.3 Å². The maximum Gasteiger partial charge on any atom is 0.259 e. The lowest BCUT2D eigenvalue weighted by atomic mass is 9.96. The van der Waals surface area contributed by atoms with Crippen LogP contribution in [-0.4, -0.2) is 13.7 Å². The zero-order chi connectivity index (χ0) is 63.3. The van der Waals surface area contributed by atoms with E-state index in [1.807, 2.05) is 36.4 Å². The van der Waals surface area contributed by atoms with Crippen LogP contribution in [0, 0.1) is 20.8 Å². The quantitative estimate of drug-likeness (QED) is 0.156. The number of rotatable bonds is 6. The second-order valence-corrected chi connectivity index (χ2v) is 24.8. The molecule has 0 aliphatic rings. The van der Waals surface area contributed by atoms with E-state index in [0.717, 1.165) is 71.6 Å². The normalized spacial score (nSPS) is 11.7. The lowest BCUT2D eigenvalue weighted by Gasteiger charge is -2.12. The molecule has 9 aromatic heterocycles. The summed E-state index contributed by atoms with van der Waals surface area (Å²) < 4.78 is 31.8. The van der Waals surface area contributed by atoms with Crippen LogP contribution in [-0.2, 0) is 42.3 Å². The first-order valence-corrected chi connectivity index (χ1v) is 31.7. The molecular formula is C84H69N6O3+3. The molecule has 93 heavy (non-hydrogen) atoms. The van der Waals surface area contributed by atoms with Gasteiger partial charge in [0.25, 0.3) is 5.52 Å². The molecular weight excluding hydrogens is 1140 g/mol. The first-order valence-electron chi connectivity index (χ1n) is 31.7. The van der Waals surface area contributed by atoms with Crippen molar-refractivity contribution in [1.29, 1.82) is 0 Å². The minimum Gasteiger partial charge on any atom is -0.456 e. The summed E-state index contributed by atoms with van der Waals surface area (Å²) in [6, 6.07) is 85.6. The highest BCUT2D eigenvalue weighted by molar-refractivity contribution is 6.07. The van der Waals surface area contributed by atoms with Crippen molar-refractivity contribution in [3.05, 3.63) is 272 Å². The van der Waals surface area contributed by atoms with Gasteiger partial charge in [0, 0.05) is 133 Å². The van der Waals surface area contributed by atoms with E-state index in [-0.39, 0.29) is 0 Å². The van der Waals surface area contributed by atoms with Crippen LogP contribution >= 0.6 is 0 Å². The predicted octanol–water partition coefficient (Wildman–Crippen LogP) is 19.6. The number of aryl methyl sites for hydroxylation is 6. The number of hydrogen-bond donors (Lipinski definition) is 0. The Hall–Kier alpha value is -11.6. The molecule has 0 N–H and O–H groups in total. The largest absolute Gasteiger partial charge is 0.456 e. The molecule has 0 atom stereocenters. The Kier molecular flexibility index (Phi) is 13.7. The molecule has 0 saturated heterocycles. The molecule has 18 rings (SSSR count). The Morgan fingerprint density at radius 2 is 0.656 bits per heavy atom. The minimum absolute atomic E-state index is 0.912. The molecule has 0 bridgehead atoms. The fraction of sp³-hybridized carbons (Fsp3) is 0.107. The molecule has 0 aliphatic carbocycles. The zero-order valence-corrected chi connectivity index (χ0v) is 53.7. The molecule has 0 fully saturated rings. The Morgan fingerprint density at radius 3 is 1.15 bits per heavy atom. The number of benzene rings is 9. The lowest BCUT2D eigenvalue weighted by molar-refractivity contribution is -0.659. The summed E-state index contributed by atoms with van der Waals surface area (Å²) in [7, 11) is 12.8. The van der Waals surface area contributed by atoms with Crippen molar-refractivity contribution in [2.75, 3.05) is 0 Å². The standard InChI is InChI=1S/3C28H23N2O/c1-18-20(11-8-12-21(18)26-15-19-9-4-6-13-24(19)30(26)3)25-16-28-23(17-29(25)2)22-10-5-7-14-27(22)31-28;1-18-20(11-8-12-21(18)26-15-19-9-4-6-13-24(19)30(26)3)25-16-23-22-10-5-7-14-27(22)31-28(23)17-29(25)2;1-18-20(11-8-12-21(18)25-17-19-9-4-6-13-23(19)29(25)2)24-15-16-27-28(30(24)3)22-10-5-7-14-26(22)31-27/h3*4-17H,1-3H3/q3*+1. The molecule has 9 heterocycles. The fourth-order valence-electron chi connectivity index (χ4n) is 14.5. The molecule has 0 radical (unpaired) electrons. The van der Waals surface area contributed by atoms with Gasteiger partial charge in [-0.2, -0.15) is 9.13 Å². The summed E-state index contributed by atoms with van der Waals surface area (Å²) in [6.07, 6.45) is 4.27. The zero-order valence-electron chi connectivity index (χ0n) is 53.7. The second kappa shape index (κ2) is 22.4. The van der Waals surface area contributed by atoms with Gasteiger partial charge < -0.3 is 27.0 Å². The number of pyridine rings is 3. The van der Waals surface area contributed by atoms with Crippen LogP contribution in [0.3, 0.4) is 0 Å². The average molecular weight is 1210 g/mol. The molecule has 450 valence electrons. The number of nitrogens with zero attached hydrogens (tertiary/aromatic N) is 6. The average Bonchev–Trinajstić information content (AvgIpc) is 1.70. The van der Waals surface area contributed by atoms with Gasteiger partial charge in [0.1, 0.15) is 43.5 Å². The molecule has 9 aromatic carbocycles. The van der Waals surface area contributed by atoms with E-state index in [4.69, 9.17) is 13.3 Å². The van der Waals surface area contributed by atoms with Crippen molar-refractivity contribution in [2.45, 2.75) is 20.8 Å². The third kappa shape index (κ3) is 9.40. The Balaban J connectivity index is 0.000000111. The molecule has 9 heteroatoms. The first-order chi connectivity index (χ1) is 45.4. The van der Waals surface area contributed by atoms with E-state index in [9.17, 15) is 0 Å². The summed E-state index contributed by atoms with van der Waals surface area (Å²) in [5.74, 6) is 0. The molecule has 0 saturated carbocycles. The topological polar surface area (TPSA) is 65.8 Å². The van der Waals surface area contributed by atoms with Crippen LogP contribution in [0.2, 0.25) is 0 Å². The van der Waals surface area contributed by atoms with Gasteiger partial charge >= 0.3 is 0 Å². The van der Waals surface area contributed by atoms with E-state index in [0.29, 0.717) is 0 Å². The number of hydrogen-bond acceptors (Lipinski definition) is 3. The smallest absolute Gasteiger partial charge is 0.259 e. The number of para-hydroxylation sites is 6. The van der Waals surface area contributed by atoms with Crippen LogP contribution in [0.1, 0.15) is 16.7 Å². The van der Waals surface area contributed by atoms with Crippen LogP contribution in [0.5, 0.6) is 0 Å². The van der Waals surface area contributed by atoms with Crippen LogP contribution < -0.4 is 13.7 Å². The molecule has 0 aliphatic heterocycles. The van der Waals surface area contributed by atoms with Crippen molar-refractivity contribution in [3.8, 4) is 67.5 Å². The molecule has 0 unspecified atom stereocenters. The predicted molar refractivity (Wildman–Crippen MR) is 381 cm³/mol. The van der Waals surface area contributed by atoms with Crippen molar-refractivity contribution in [1.82, 2.24) is 13.7 Å². The number of fused-ring (bicyclic) bond motifs is 12. The number of aromatic nitrogens is 6. The highest BCUT2D eigenvalue weighted by atomic mass is 16.3. The first kappa shape index (κ1) is 56.7. The van der Waals surface area contributed by atoms with E-state index >= 15 is 0 Å². The van der Waals surface area contributed by atoms with Crippen molar-refractivity contribution >= 4 is 98.7 Å². The molecule has 18 aromatic rings. The van der Waals surface area contributed by atoms with Crippen LogP contribution in [0.4, 0.5) is 0 Å². The Bertz CT molecular complexity index is 5880. The van der Waals surface area contributed by atoms with Gasteiger partial charge in [0.15, 0.2) is 17.4 Å². The van der Waals surface area contributed by atoms with Crippen molar-refractivity contribution < 1.29 is 27.0 Å². The van der Waals surface area contributed by atoms with Gasteiger partial charge in [-0.15, -0.1) is 0 Å². The highest BCUT2D eigenvalue weighted by Gasteiger charge is 2.26.